The number of nitrogens with zero attached hydrogens (tertiary/aromatic N) is 2. The van der Waals surface area contributed by atoms with E-state index >= 15 is 0 Å². The first-order chi connectivity index (χ1) is 8.37. The number of ether oxygens (including phenoxy) is 1. The van der Waals surface area contributed by atoms with Crippen LogP contribution in [0.5, 0.6) is 5.75 Å². The van der Waals surface area contributed by atoms with E-state index in [0.29, 0.717) is 0 Å². The van der Waals surface area contributed by atoms with Gasteiger partial charge in [0.1, 0.15) is 17.7 Å². The Bertz CT molecular complexity index is 548. The van der Waals surface area contributed by atoms with Crippen LogP contribution in [-0.4, -0.2) is 6.36 Å². The van der Waals surface area contributed by atoms with Crippen molar-refractivity contribution in [3.05, 3.63) is 35.2 Å². The van der Waals surface area contributed by atoms with Crippen LogP contribution in [0.3, 0.4) is 0 Å². The van der Waals surface area contributed by atoms with Gasteiger partial charge in [-0.25, -0.2) is 4.39 Å². The Labute approximate surface area is 99.1 Å². The fraction of sp³-hybridized carbons (Fsp3) is 0.0909. The molecule has 0 aliphatic rings. The van der Waals surface area contributed by atoms with Crippen LogP contribution in [-0.2, 0) is 0 Å². The average molecular weight is 256 g/mol. The van der Waals surface area contributed by atoms with Crippen LogP contribution < -0.4 is 4.74 Å². The number of rotatable bonds is 2. The van der Waals surface area contributed by atoms with Crippen molar-refractivity contribution in [2.75, 3.05) is 0 Å². The maximum absolute atomic E-state index is 13.5. The lowest BCUT2D eigenvalue weighted by Crippen LogP contribution is -2.18. The molecule has 0 N–H and O–H groups in total. The summed E-state index contributed by atoms with van der Waals surface area (Å²) >= 11 is 0. The van der Waals surface area contributed by atoms with E-state index in [1.165, 1.54) is 12.1 Å². The van der Waals surface area contributed by atoms with E-state index in [0.717, 1.165) is 24.3 Å². The summed E-state index contributed by atoms with van der Waals surface area (Å²) in [6.07, 6.45) is -4.19. The molecule has 0 bridgehead atoms. The molecule has 0 saturated carbocycles. The van der Waals surface area contributed by atoms with E-state index in [1.807, 2.05) is 0 Å². The molecule has 0 amide bonds. The molecule has 0 radical (unpaired) electrons. The first kappa shape index (κ1) is 13.5. The Morgan fingerprint density at radius 1 is 1.22 bits per heavy atom. The Morgan fingerprint density at radius 2 is 1.83 bits per heavy atom. The maximum Gasteiger partial charge on any atom is 0.573 e. The smallest absolute Gasteiger partial charge is 0.403 e. The Balaban J connectivity index is 3.20. The Morgan fingerprint density at radius 3 is 2.33 bits per heavy atom. The molecule has 0 spiro atoms. The van der Waals surface area contributed by atoms with Gasteiger partial charge >= 0.3 is 6.36 Å². The molecule has 0 aliphatic carbocycles. The van der Waals surface area contributed by atoms with Gasteiger partial charge in [0.2, 0.25) is 0 Å². The van der Waals surface area contributed by atoms with E-state index in [1.54, 1.807) is 0 Å². The van der Waals surface area contributed by atoms with Crippen molar-refractivity contribution in [3.63, 3.8) is 0 Å². The predicted molar refractivity (Wildman–Crippen MR) is 52.3 cm³/mol. The number of halogens is 4. The Kier molecular flexibility index (Phi) is 3.90. The molecule has 3 nitrogen and oxygen atoms in total. The highest BCUT2D eigenvalue weighted by atomic mass is 19.4. The minimum absolute atomic E-state index is 0.338. The highest BCUT2D eigenvalue weighted by Gasteiger charge is 2.32. The average Bonchev–Trinajstić information content (AvgIpc) is 2.28. The summed E-state index contributed by atoms with van der Waals surface area (Å²) in [6, 6.07) is 5.95. The van der Waals surface area contributed by atoms with Crippen LogP contribution in [0.2, 0.25) is 0 Å². The molecule has 0 aromatic heterocycles. The quantitative estimate of drug-likeness (QED) is 0.603. The van der Waals surface area contributed by atoms with Crippen LogP contribution in [0.4, 0.5) is 17.6 Å². The largest absolute Gasteiger partial charge is 0.573 e. The van der Waals surface area contributed by atoms with Crippen molar-refractivity contribution in [3.8, 4) is 17.9 Å². The second-order valence-electron chi connectivity index (χ2n) is 2.99. The van der Waals surface area contributed by atoms with Gasteiger partial charge in [0.15, 0.2) is 11.6 Å². The third kappa shape index (κ3) is 3.49. The minimum atomic E-state index is -5.02. The molecular formula is C11H4F4N2O. The number of nitriles is 2. The molecule has 92 valence electrons. The number of allylic oxidation sites excluding steroid dienone is 1. The zero-order valence-corrected chi connectivity index (χ0v) is 8.62. The molecule has 7 heteroatoms. The summed E-state index contributed by atoms with van der Waals surface area (Å²) in [5, 5.41) is 16.9. The van der Waals surface area contributed by atoms with Crippen molar-refractivity contribution in [2.24, 2.45) is 0 Å². The van der Waals surface area contributed by atoms with Crippen molar-refractivity contribution in [2.45, 2.75) is 6.36 Å². The third-order valence-corrected chi connectivity index (χ3v) is 1.76. The van der Waals surface area contributed by atoms with Gasteiger partial charge < -0.3 is 4.74 Å². The van der Waals surface area contributed by atoms with E-state index < -0.39 is 23.5 Å². The van der Waals surface area contributed by atoms with Crippen LogP contribution >= 0.6 is 0 Å². The molecule has 18 heavy (non-hydrogen) atoms. The van der Waals surface area contributed by atoms with E-state index in [2.05, 4.69) is 4.74 Å². The molecule has 0 fully saturated rings. The number of hydrogen-bond donors (Lipinski definition) is 0. The van der Waals surface area contributed by atoms with Gasteiger partial charge in [0.05, 0.1) is 0 Å². The molecule has 0 saturated heterocycles. The lowest BCUT2D eigenvalue weighted by Gasteiger charge is -2.10. The highest BCUT2D eigenvalue weighted by molar-refractivity contribution is 5.63. The predicted octanol–water partition coefficient (Wildman–Crippen LogP) is 3.15. The normalized spacial score (nSPS) is 10.1. The second kappa shape index (κ2) is 5.19. The molecule has 0 atom stereocenters. The molecule has 1 rings (SSSR count). The number of hydrogen-bond acceptors (Lipinski definition) is 3. The van der Waals surface area contributed by atoms with Gasteiger partial charge in [0.25, 0.3) is 0 Å². The molecular weight excluding hydrogens is 252 g/mol. The number of benzene rings is 1. The monoisotopic (exact) mass is 256 g/mol. The first-order valence-electron chi connectivity index (χ1n) is 4.43. The molecule has 0 heterocycles. The van der Waals surface area contributed by atoms with E-state index in [-0.39, 0.29) is 5.56 Å². The summed E-state index contributed by atoms with van der Waals surface area (Å²) in [6.45, 7) is 0. The zero-order chi connectivity index (χ0) is 13.8. The lowest BCUT2D eigenvalue weighted by molar-refractivity contribution is -0.275. The van der Waals surface area contributed by atoms with E-state index in [4.69, 9.17) is 10.5 Å². The topological polar surface area (TPSA) is 56.8 Å². The highest BCUT2D eigenvalue weighted by Crippen LogP contribution is 2.28. The summed E-state index contributed by atoms with van der Waals surface area (Å²) in [4.78, 5) is 0. The molecule has 1 aromatic carbocycles. The van der Waals surface area contributed by atoms with Crippen LogP contribution in [0.15, 0.2) is 23.8 Å². The minimum Gasteiger partial charge on any atom is -0.403 e. The van der Waals surface area contributed by atoms with Crippen molar-refractivity contribution >= 4 is 6.08 Å². The fourth-order valence-corrected chi connectivity index (χ4v) is 1.09. The van der Waals surface area contributed by atoms with Gasteiger partial charge in [-0.15, -0.1) is 13.2 Å². The Hall–Kier alpha value is -2.54. The summed E-state index contributed by atoms with van der Waals surface area (Å²) in [7, 11) is 0. The van der Waals surface area contributed by atoms with E-state index in [9.17, 15) is 17.6 Å². The van der Waals surface area contributed by atoms with Gasteiger partial charge in [-0.2, -0.15) is 10.5 Å². The van der Waals surface area contributed by atoms with Gasteiger partial charge in [-0.3, -0.25) is 0 Å². The molecule has 1 aromatic rings. The maximum atomic E-state index is 13.5. The standard InChI is InChI=1S/C11H4F4N2O/c12-10-8(4-7(5-16)6-17)2-1-3-9(10)18-11(13,14)15/h1-4H. The van der Waals surface area contributed by atoms with Crippen molar-refractivity contribution in [1.29, 1.82) is 10.5 Å². The van der Waals surface area contributed by atoms with Gasteiger partial charge in [-0.05, 0) is 12.1 Å². The fourth-order valence-electron chi connectivity index (χ4n) is 1.09. The van der Waals surface area contributed by atoms with Crippen molar-refractivity contribution < 1.29 is 22.3 Å². The van der Waals surface area contributed by atoms with Crippen LogP contribution in [0.1, 0.15) is 5.56 Å². The number of alkyl halides is 3. The van der Waals surface area contributed by atoms with Gasteiger partial charge in [-0.1, -0.05) is 12.1 Å². The van der Waals surface area contributed by atoms with Crippen LogP contribution in [0, 0.1) is 28.5 Å². The van der Waals surface area contributed by atoms with Crippen LogP contribution in [0.25, 0.3) is 6.08 Å². The van der Waals surface area contributed by atoms with Crippen molar-refractivity contribution in [1.82, 2.24) is 0 Å². The summed E-state index contributed by atoms with van der Waals surface area (Å²) < 4.78 is 52.8. The third-order valence-electron chi connectivity index (χ3n) is 1.76. The second-order valence-corrected chi connectivity index (χ2v) is 2.99. The summed E-state index contributed by atoms with van der Waals surface area (Å²) in [5.74, 6) is -2.32. The SMILES string of the molecule is N#CC(C#N)=Cc1cccc(OC(F)(F)F)c1F. The molecule has 0 aliphatic heterocycles. The summed E-state index contributed by atoms with van der Waals surface area (Å²) in [5.41, 5.74) is -0.770. The first-order valence-corrected chi connectivity index (χ1v) is 4.43. The lowest BCUT2D eigenvalue weighted by atomic mass is 10.1. The van der Waals surface area contributed by atoms with Gasteiger partial charge in [0, 0.05) is 5.56 Å². The molecule has 0 unspecified atom stereocenters. The zero-order valence-electron chi connectivity index (χ0n) is 8.62.